The van der Waals surface area contributed by atoms with Gasteiger partial charge in [-0.25, -0.2) is 4.98 Å². The van der Waals surface area contributed by atoms with Gasteiger partial charge in [-0.3, -0.25) is 4.57 Å². The molecule has 0 spiro atoms. The lowest BCUT2D eigenvalue weighted by Crippen LogP contribution is -2.09. The van der Waals surface area contributed by atoms with Gasteiger partial charge in [-0.15, -0.1) is 0 Å². The lowest BCUT2D eigenvalue weighted by Gasteiger charge is -2.24. The molecule has 0 unspecified atom stereocenters. The summed E-state index contributed by atoms with van der Waals surface area (Å²) in [7, 11) is 0. The minimum atomic E-state index is -2.27. The van der Waals surface area contributed by atoms with Crippen LogP contribution in [0.1, 0.15) is 60.3 Å². The van der Waals surface area contributed by atoms with Gasteiger partial charge in [0.05, 0.1) is 22.3 Å². The molecule has 0 aliphatic heterocycles. The number of hydrogen-bond donors (Lipinski definition) is 0. The van der Waals surface area contributed by atoms with Crippen LogP contribution in [-0.2, 0) is 0 Å². The quantitative estimate of drug-likeness (QED) is 0.176. The van der Waals surface area contributed by atoms with Gasteiger partial charge in [0.1, 0.15) is 17.0 Å². The Morgan fingerprint density at radius 3 is 2.12 bits per heavy atom. The summed E-state index contributed by atoms with van der Waals surface area (Å²) in [5.74, 6) is 1.04. The van der Waals surface area contributed by atoms with Crippen molar-refractivity contribution in [2.75, 3.05) is 0 Å². The van der Waals surface area contributed by atoms with Gasteiger partial charge in [0.25, 0.3) is 0 Å². The molecule has 2 aromatic heterocycles. The van der Waals surface area contributed by atoms with E-state index in [4.69, 9.17) is 13.5 Å². The smallest absolute Gasteiger partial charge is 0.149 e. The summed E-state index contributed by atoms with van der Waals surface area (Å²) in [5.41, 5.74) is 9.87. The van der Waals surface area contributed by atoms with Gasteiger partial charge >= 0.3 is 0 Å². The average molecular weight is 638 g/mol. The van der Waals surface area contributed by atoms with E-state index in [1.807, 2.05) is 12.1 Å². The minimum absolute atomic E-state index is 0.163. The highest BCUT2D eigenvalue weighted by molar-refractivity contribution is 6.17. The number of nitrogens with zero attached hydrogens (tertiary/aromatic N) is 2. The Balaban J connectivity index is 1.38. The largest absolute Gasteiger partial charge is 0.455 e. The van der Waals surface area contributed by atoms with Crippen molar-refractivity contribution in [3.05, 3.63) is 144 Å². The Hall–Kier alpha value is -5.67. The van der Waals surface area contributed by atoms with Crippen molar-refractivity contribution in [1.82, 2.24) is 9.55 Å². The van der Waals surface area contributed by atoms with Crippen LogP contribution in [0.25, 0.3) is 82.7 Å². The lowest BCUT2D eigenvalue weighted by atomic mass is 9.88. The Kier molecular flexibility index (Phi) is 6.01. The fraction of sp³-hybridized carbons (Fsp3) is 0.152. The van der Waals surface area contributed by atoms with Crippen molar-refractivity contribution in [3.63, 3.8) is 0 Å². The van der Waals surface area contributed by atoms with Crippen LogP contribution in [0.3, 0.4) is 0 Å². The van der Waals surface area contributed by atoms with Crippen LogP contribution in [0.5, 0.6) is 0 Å². The molecule has 3 nitrogen and oxygen atoms in total. The number of fused-ring (bicyclic) bond motifs is 7. The predicted octanol–water partition coefficient (Wildman–Crippen LogP) is 13.1. The normalized spacial score (nSPS) is 13.3. The summed E-state index contributed by atoms with van der Waals surface area (Å²) in [4.78, 5) is 5.30. The molecule has 0 saturated heterocycles. The van der Waals surface area contributed by atoms with Crippen molar-refractivity contribution in [2.24, 2.45) is 0 Å². The molecule has 0 saturated carbocycles. The van der Waals surface area contributed by atoms with E-state index in [0.29, 0.717) is 5.82 Å². The molecule has 9 rings (SSSR count). The molecule has 0 N–H and O–H groups in total. The summed E-state index contributed by atoms with van der Waals surface area (Å²) in [6.45, 7) is 6.61. The third-order valence-corrected chi connectivity index (χ3v) is 10.0. The third-order valence-electron chi connectivity index (χ3n) is 10.0. The molecule has 3 heteroatoms. The molecule has 0 aliphatic carbocycles. The number of benzene rings is 7. The second-order valence-corrected chi connectivity index (χ2v) is 13.8. The van der Waals surface area contributed by atoms with Crippen LogP contribution in [0.15, 0.2) is 132 Å². The van der Waals surface area contributed by atoms with E-state index >= 15 is 0 Å². The van der Waals surface area contributed by atoms with E-state index in [-0.39, 0.29) is 17.4 Å². The first-order valence-corrected chi connectivity index (χ1v) is 17.1. The van der Waals surface area contributed by atoms with Gasteiger partial charge in [0, 0.05) is 14.9 Å². The van der Waals surface area contributed by atoms with E-state index in [9.17, 15) is 0 Å². The summed E-state index contributed by atoms with van der Waals surface area (Å²) >= 11 is 0. The number of aryl methyl sites for hydroxylation is 1. The molecular weight excluding hydrogens is 597 g/mol. The molecule has 0 amide bonds. The van der Waals surface area contributed by atoms with Crippen LogP contribution < -0.4 is 0 Å². The zero-order valence-corrected chi connectivity index (χ0v) is 28.1. The van der Waals surface area contributed by atoms with Crippen LogP contribution in [0, 0.1) is 6.85 Å². The Bertz CT molecular complexity index is 2810. The van der Waals surface area contributed by atoms with Gasteiger partial charge in [-0.05, 0) is 111 Å². The maximum Gasteiger partial charge on any atom is 0.149 e. The molecule has 7 aromatic carbocycles. The maximum atomic E-state index is 8.31. The second kappa shape index (κ2) is 11.2. The zero-order valence-electron chi connectivity index (χ0n) is 31.1. The van der Waals surface area contributed by atoms with Gasteiger partial charge in [-0.2, -0.15) is 0 Å². The molecule has 9 aromatic rings. The Morgan fingerprint density at radius 1 is 0.612 bits per heavy atom. The lowest BCUT2D eigenvalue weighted by molar-refractivity contribution is 0.670. The number of hydrogen-bond acceptors (Lipinski definition) is 2. The number of aromatic nitrogens is 2. The van der Waals surface area contributed by atoms with Crippen LogP contribution in [0.2, 0.25) is 0 Å². The van der Waals surface area contributed by atoms with Gasteiger partial charge in [0.15, 0.2) is 0 Å². The highest BCUT2D eigenvalue weighted by atomic mass is 16.3. The molecule has 49 heavy (non-hydrogen) atoms. The predicted molar refractivity (Wildman–Crippen MR) is 207 cm³/mol. The molecular formula is C46H38N2O. The number of para-hydroxylation sites is 1. The Morgan fingerprint density at radius 2 is 1.35 bits per heavy atom. The van der Waals surface area contributed by atoms with E-state index in [0.717, 1.165) is 66.1 Å². The van der Waals surface area contributed by atoms with Crippen LogP contribution in [0.4, 0.5) is 0 Å². The summed E-state index contributed by atoms with van der Waals surface area (Å²) in [6, 6.07) is 43.9. The summed E-state index contributed by atoms with van der Waals surface area (Å²) in [6.07, 6.45) is 0. The Labute approximate surface area is 290 Å². The highest BCUT2D eigenvalue weighted by Gasteiger charge is 2.25. The number of rotatable bonds is 5. The molecule has 0 bridgehead atoms. The molecule has 2 heterocycles. The molecule has 0 fully saturated rings. The summed E-state index contributed by atoms with van der Waals surface area (Å²) in [5, 5.41) is 6.75. The average Bonchev–Trinajstić information content (AvgIpc) is 3.71. The standard InChI is InChI=1S/C46H38N2O/c1-27(2)37-24-33(30-12-7-6-8-13-30)25-38(28(3)4)44(37)48-42-22-29(5)18-21-41(42)47-46(48)36-17-11-16-35-40-23-32-20-19-31-14-9-10-15-34(31)39(32)26-43(40)49-45(35)36/h6-28H,1-5H3/i5D3. The highest BCUT2D eigenvalue weighted by Crippen LogP contribution is 2.43. The topological polar surface area (TPSA) is 31.0 Å². The van der Waals surface area contributed by atoms with Crippen molar-refractivity contribution < 1.29 is 8.53 Å². The number of imidazole rings is 1. The first kappa shape index (κ1) is 26.3. The van der Waals surface area contributed by atoms with Crippen LogP contribution >= 0.6 is 0 Å². The van der Waals surface area contributed by atoms with Crippen molar-refractivity contribution >= 4 is 54.5 Å². The van der Waals surface area contributed by atoms with E-state index in [2.05, 4.69) is 135 Å². The van der Waals surface area contributed by atoms with E-state index < -0.39 is 6.85 Å². The molecule has 0 aliphatic rings. The zero-order chi connectivity index (χ0) is 35.9. The second-order valence-electron chi connectivity index (χ2n) is 13.8. The van der Waals surface area contributed by atoms with E-state index in [1.165, 1.54) is 21.9 Å². The monoisotopic (exact) mass is 637 g/mol. The van der Waals surface area contributed by atoms with Crippen molar-refractivity contribution in [1.29, 1.82) is 0 Å². The van der Waals surface area contributed by atoms with Crippen molar-refractivity contribution in [2.45, 2.75) is 46.4 Å². The van der Waals surface area contributed by atoms with Gasteiger partial charge < -0.3 is 4.42 Å². The van der Waals surface area contributed by atoms with Crippen LogP contribution in [-0.4, -0.2) is 9.55 Å². The third kappa shape index (κ3) is 4.68. The number of furan rings is 1. The van der Waals surface area contributed by atoms with Crippen molar-refractivity contribution in [3.8, 4) is 28.2 Å². The fourth-order valence-corrected chi connectivity index (χ4v) is 7.57. The molecule has 0 atom stereocenters. The van der Waals surface area contributed by atoms with Gasteiger partial charge in [-0.1, -0.05) is 113 Å². The molecule has 238 valence electrons. The summed E-state index contributed by atoms with van der Waals surface area (Å²) < 4.78 is 34.0. The SMILES string of the molecule is [2H]C([2H])([2H])c1ccc2nc(-c3cccc4c3oc3cc5c(ccc6ccccc65)cc34)n(-c3c(C(C)C)cc(-c4ccccc4)cc3C(C)C)c2c1. The maximum absolute atomic E-state index is 8.31. The first-order valence-electron chi connectivity index (χ1n) is 18.6. The first-order chi connectivity index (χ1) is 25.1. The minimum Gasteiger partial charge on any atom is -0.455 e. The van der Waals surface area contributed by atoms with Gasteiger partial charge in [0.2, 0.25) is 0 Å². The fourth-order valence-electron chi connectivity index (χ4n) is 7.57. The molecule has 0 radical (unpaired) electrons. The van der Waals surface area contributed by atoms with E-state index in [1.54, 1.807) is 12.1 Å².